The van der Waals surface area contributed by atoms with E-state index in [0.717, 1.165) is 6.42 Å². The van der Waals surface area contributed by atoms with Crippen LogP contribution < -0.4 is 5.73 Å². The number of carbonyl (C=O) groups excluding carboxylic acids is 1. The zero-order valence-corrected chi connectivity index (χ0v) is 10.4. The molecule has 1 rings (SSSR count). The molecule has 1 saturated heterocycles. The summed E-state index contributed by atoms with van der Waals surface area (Å²) in [4.78, 5) is 25.9. The van der Waals surface area contributed by atoms with Crippen molar-refractivity contribution in [2.24, 2.45) is 11.7 Å². The summed E-state index contributed by atoms with van der Waals surface area (Å²) in [5.41, 5.74) is 5.57. The van der Waals surface area contributed by atoms with Crippen molar-refractivity contribution in [1.82, 2.24) is 9.80 Å². The van der Waals surface area contributed by atoms with Crippen LogP contribution in [-0.2, 0) is 4.79 Å². The van der Waals surface area contributed by atoms with E-state index in [1.165, 1.54) is 4.90 Å². The SMILES string of the molecule is CC(C)N(CC(=O)O)C(=O)N1CCC(CN)C1. The van der Waals surface area contributed by atoms with E-state index in [0.29, 0.717) is 25.6 Å². The fraction of sp³-hybridized carbons (Fsp3) is 0.818. The van der Waals surface area contributed by atoms with Crippen LogP contribution in [0, 0.1) is 5.92 Å². The first-order chi connectivity index (χ1) is 7.95. The average molecular weight is 243 g/mol. The van der Waals surface area contributed by atoms with Crippen molar-refractivity contribution in [3.63, 3.8) is 0 Å². The van der Waals surface area contributed by atoms with Gasteiger partial charge < -0.3 is 20.6 Å². The van der Waals surface area contributed by atoms with Gasteiger partial charge in [0.1, 0.15) is 6.54 Å². The molecule has 1 unspecified atom stereocenters. The van der Waals surface area contributed by atoms with Crippen molar-refractivity contribution < 1.29 is 14.7 Å². The highest BCUT2D eigenvalue weighted by Crippen LogP contribution is 2.17. The van der Waals surface area contributed by atoms with Crippen molar-refractivity contribution in [3.05, 3.63) is 0 Å². The normalized spacial score (nSPS) is 19.8. The Morgan fingerprint density at radius 1 is 1.53 bits per heavy atom. The Bertz CT molecular complexity index is 294. The first-order valence-electron chi connectivity index (χ1n) is 5.93. The smallest absolute Gasteiger partial charge is 0.323 e. The monoisotopic (exact) mass is 243 g/mol. The number of nitrogens with zero attached hydrogens (tertiary/aromatic N) is 2. The van der Waals surface area contributed by atoms with E-state index >= 15 is 0 Å². The van der Waals surface area contributed by atoms with Gasteiger partial charge in [0.25, 0.3) is 0 Å². The second-order valence-corrected chi connectivity index (χ2v) is 4.73. The molecule has 0 saturated carbocycles. The van der Waals surface area contributed by atoms with Crippen LogP contribution >= 0.6 is 0 Å². The molecule has 6 nitrogen and oxygen atoms in total. The summed E-state index contributed by atoms with van der Waals surface area (Å²) in [6, 6.07) is -0.311. The van der Waals surface area contributed by atoms with Crippen molar-refractivity contribution in [2.75, 3.05) is 26.2 Å². The highest BCUT2D eigenvalue weighted by Gasteiger charge is 2.30. The summed E-state index contributed by atoms with van der Waals surface area (Å²) in [6.45, 7) is 5.26. The zero-order valence-electron chi connectivity index (χ0n) is 10.4. The predicted molar refractivity (Wildman–Crippen MR) is 63.6 cm³/mol. The summed E-state index contributed by atoms with van der Waals surface area (Å²) >= 11 is 0. The van der Waals surface area contributed by atoms with Gasteiger partial charge >= 0.3 is 12.0 Å². The first kappa shape index (κ1) is 13.8. The molecule has 0 aliphatic carbocycles. The second kappa shape index (κ2) is 5.86. The van der Waals surface area contributed by atoms with E-state index in [1.54, 1.807) is 4.90 Å². The molecule has 1 aliphatic heterocycles. The van der Waals surface area contributed by atoms with Crippen LogP contribution in [-0.4, -0.2) is 59.1 Å². The van der Waals surface area contributed by atoms with Crippen LogP contribution in [0.3, 0.4) is 0 Å². The molecule has 0 aromatic heterocycles. The van der Waals surface area contributed by atoms with Crippen LogP contribution in [0.2, 0.25) is 0 Å². The molecule has 0 bridgehead atoms. The first-order valence-corrected chi connectivity index (χ1v) is 5.93. The van der Waals surface area contributed by atoms with Crippen LogP contribution in [0.5, 0.6) is 0 Å². The topological polar surface area (TPSA) is 86.9 Å². The third-order valence-electron chi connectivity index (χ3n) is 3.06. The molecular formula is C11H21N3O3. The summed E-state index contributed by atoms with van der Waals surface area (Å²) in [7, 11) is 0. The molecular weight excluding hydrogens is 222 g/mol. The van der Waals surface area contributed by atoms with Crippen LogP contribution in [0.25, 0.3) is 0 Å². The lowest BCUT2D eigenvalue weighted by Gasteiger charge is -2.29. The van der Waals surface area contributed by atoms with Gasteiger partial charge in [-0.15, -0.1) is 0 Å². The molecule has 17 heavy (non-hydrogen) atoms. The average Bonchev–Trinajstić information content (AvgIpc) is 2.72. The molecule has 0 aromatic rings. The number of hydrogen-bond acceptors (Lipinski definition) is 3. The van der Waals surface area contributed by atoms with Crippen LogP contribution in [0.1, 0.15) is 20.3 Å². The number of likely N-dealkylation sites (tertiary alicyclic amines) is 1. The summed E-state index contributed by atoms with van der Waals surface area (Å²) in [5.74, 6) is -0.639. The quantitative estimate of drug-likeness (QED) is 0.737. The van der Waals surface area contributed by atoms with E-state index in [9.17, 15) is 9.59 Å². The van der Waals surface area contributed by atoms with Crippen molar-refractivity contribution in [3.8, 4) is 0 Å². The number of amides is 2. The second-order valence-electron chi connectivity index (χ2n) is 4.73. The molecule has 1 aliphatic rings. The molecule has 0 spiro atoms. The molecule has 0 aromatic carbocycles. The maximum Gasteiger partial charge on any atom is 0.323 e. The maximum absolute atomic E-state index is 12.1. The van der Waals surface area contributed by atoms with Crippen LogP contribution in [0.4, 0.5) is 4.79 Å². The van der Waals surface area contributed by atoms with Crippen molar-refractivity contribution in [2.45, 2.75) is 26.3 Å². The number of carboxylic acid groups (broad SMARTS) is 1. The third kappa shape index (κ3) is 3.59. The van der Waals surface area contributed by atoms with Crippen LogP contribution in [0.15, 0.2) is 0 Å². The number of carbonyl (C=O) groups is 2. The molecule has 0 radical (unpaired) electrons. The Kier molecular flexibility index (Phi) is 4.74. The zero-order chi connectivity index (χ0) is 13.0. The van der Waals surface area contributed by atoms with E-state index in [2.05, 4.69) is 0 Å². The minimum Gasteiger partial charge on any atom is -0.480 e. The summed E-state index contributed by atoms with van der Waals surface area (Å²) < 4.78 is 0. The van der Waals surface area contributed by atoms with E-state index in [-0.39, 0.29) is 18.6 Å². The Morgan fingerprint density at radius 3 is 2.59 bits per heavy atom. The number of urea groups is 1. The highest BCUT2D eigenvalue weighted by molar-refractivity contribution is 5.80. The summed E-state index contributed by atoms with van der Waals surface area (Å²) in [6.07, 6.45) is 0.904. The van der Waals surface area contributed by atoms with E-state index in [1.807, 2.05) is 13.8 Å². The van der Waals surface area contributed by atoms with Gasteiger partial charge in [-0.25, -0.2) is 4.79 Å². The molecule has 1 atom stereocenters. The number of carboxylic acids is 1. The third-order valence-corrected chi connectivity index (χ3v) is 3.06. The van der Waals surface area contributed by atoms with Gasteiger partial charge in [-0.2, -0.15) is 0 Å². The number of hydrogen-bond donors (Lipinski definition) is 2. The van der Waals surface area contributed by atoms with E-state index in [4.69, 9.17) is 10.8 Å². The lowest BCUT2D eigenvalue weighted by atomic mass is 10.1. The van der Waals surface area contributed by atoms with Gasteiger partial charge in [0.2, 0.25) is 0 Å². The minimum absolute atomic E-state index is 0.115. The largest absolute Gasteiger partial charge is 0.480 e. The Labute approximate surface area is 101 Å². The standard InChI is InChI=1S/C11H21N3O3/c1-8(2)14(7-10(15)16)11(17)13-4-3-9(5-12)6-13/h8-9H,3-7,12H2,1-2H3,(H,15,16). The lowest BCUT2D eigenvalue weighted by Crippen LogP contribution is -2.47. The molecule has 6 heteroatoms. The molecule has 3 N–H and O–H groups in total. The lowest BCUT2D eigenvalue weighted by molar-refractivity contribution is -0.138. The summed E-state index contributed by atoms with van der Waals surface area (Å²) in [5, 5.41) is 8.79. The molecule has 2 amide bonds. The number of nitrogens with two attached hydrogens (primary N) is 1. The molecule has 1 fully saturated rings. The number of aliphatic carboxylic acids is 1. The van der Waals surface area contributed by atoms with Gasteiger partial charge in [-0.05, 0) is 32.7 Å². The Morgan fingerprint density at radius 2 is 2.18 bits per heavy atom. The van der Waals surface area contributed by atoms with E-state index < -0.39 is 5.97 Å². The fourth-order valence-electron chi connectivity index (χ4n) is 2.00. The van der Waals surface area contributed by atoms with Crippen molar-refractivity contribution >= 4 is 12.0 Å². The fourth-order valence-corrected chi connectivity index (χ4v) is 2.00. The van der Waals surface area contributed by atoms with Gasteiger partial charge in [-0.3, -0.25) is 4.79 Å². The molecule has 1 heterocycles. The Hall–Kier alpha value is -1.30. The number of rotatable bonds is 4. The predicted octanol–water partition coefficient (Wildman–Crippen LogP) is 0.182. The molecule has 98 valence electrons. The highest BCUT2D eigenvalue weighted by atomic mass is 16.4. The van der Waals surface area contributed by atoms with Gasteiger partial charge in [0.15, 0.2) is 0 Å². The Balaban J connectivity index is 2.62. The maximum atomic E-state index is 12.1. The minimum atomic E-state index is -0.985. The van der Waals surface area contributed by atoms with Crippen molar-refractivity contribution in [1.29, 1.82) is 0 Å². The van der Waals surface area contributed by atoms with Gasteiger partial charge in [-0.1, -0.05) is 0 Å². The van der Waals surface area contributed by atoms with Gasteiger partial charge in [0, 0.05) is 19.1 Å². The van der Waals surface area contributed by atoms with Gasteiger partial charge in [0.05, 0.1) is 0 Å².